The van der Waals surface area contributed by atoms with Gasteiger partial charge in [0.05, 0.1) is 26.3 Å². The summed E-state index contributed by atoms with van der Waals surface area (Å²) in [7, 11) is 3.19. The summed E-state index contributed by atoms with van der Waals surface area (Å²) in [6, 6.07) is 6.50. The van der Waals surface area contributed by atoms with Gasteiger partial charge in [-0.05, 0) is 47.5 Å². The van der Waals surface area contributed by atoms with Crippen LogP contribution in [0, 0.1) is 23.3 Å². The molecule has 0 aromatic heterocycles. The van der Waals surface area contributed by atoms with Gasteiger partial charge in [0.1, 0.15) is 5.75 Å². The molecular weight excluding hydrogens is 524 g/mol. The molecule has 1 heterocycles. The molecule has 0 spiro atoms. The summed E-state index contributed by atoms with van der Waals surface area (Å²) < 4.78 is 79.5. The van der Waals surface area contributed by atoms with E-state index in [1.807, 2.05) is 0 Å². The molecule has 1 aliphatic rings. The Morgan fingerprint density at radius 2 is 1.32 bits per heavy atom. The van der Waals surface area contributed by atoms with Crippen LogP contribution in [0.15, 0.2) is 47.5 Å². The van der Waals surface area contributed by atoms with E-state index in [-0.39, 0.29) is 41.1 Å². The van der Waals surface area contributed by atoms with Crippen LogP contribution in [0.25, 0.3) is 12.2 Å². The fourth-order valence-corrected chi connectivity index (χ4v) is 5.11. The van der Waals surface area contributed by atoms with Crippen molar-refractivity contribution < 1.29 is 36.4 Å². The average molecular weight is 555 g/mol. The highest BCUT2D eigenvalue weighted by molar-refractivity contribution is 7.89. The Bertz CT molecular complexity index is 1100. The van der Waals surface area contributed by atoms with E-state index in [0.29, 0.717) is 32.8 Å². The largest absolute Gasteiger partial charge is 0.598 e. The standard InChI is InChI=1S/C27H30F4N2O4S/c1-36-10-7-32(8-11-37-2)9-12-38(35)33-17-21(13-19-3-5-23(28)25(30)15-19)27(34)22(18-33)14-20-4-6-24(29)26(31)16-20/h3-6,13-16H,7-12,17-18H2,1-2H3/b21-13+,22-14+. The van der Waals surface area contributed by atoms with E-state index >= 15 is 0 Å². The Kier molecular flexibility index (Phi) is 11.5. The van der Waals surface area contributed by atoms with Crippen molar-refractivity contribution in [2.75, 3.05) is 65.9 Å². The molecule has 206 valence electrons. The zero-order valence-electron chi connectivity index (χ0n) is 21.2. The lowest BCUT2D eigenvalue weighted by molar-refractivity contribution is -0.113. The van der Waals surface area contributed by atoms with Gasteiger partial charge in [0.15, 0.2) is 29.1 Å². The Morgan fingerprint density at radius 1 is 0.842 bits per heavy atom. The first-order chi connectivity index (χ1) is 18.2. The van der Waals surface area contributed by atoms with Gasteiger partial charge >= 0.3 is 0 Å². The van der Waals surface area contributed by atoms with Crippen LogP contribution in [0.1, 0.15) is 11.1 Å². The molecular formula is C27H30F4N2O4S. The molecule has 2 aromatic carbocycles. The molecule has 38 heavy (non-hydrogen) atoms. The number of methoxy groups -OCH3 is 2. The smallest absolute Gasteiger partial charge is 0.187 e. The zero-order valence-corrected chi connectivity index (χ0v) is 22.0. The normalized spacial score (nSPS) is 17.6. The van der Waals surface area contributed by atoms with Crippen molar-refractivity contribution in [3.63, 3.8) is 0 Å². The second-order valence-electron chi connectivity index (χ2n) is 8.67. The van der Waals surface area contributed by atoms with Gasteiger partial charge in [-0.2, -0.15) is 0 Å². The van der Waals surface area contributed by atoms with Gasteiger partial charge in [0.25, 0.3) is 0 Å². The summed E-state index contributed by atoms with van der Waals surface area (Å²) in [5, 5.41) is 0. The van der Waals surface area contributed by atoms with Crippen molar-refractivity contribution >= 4 is 29.3 Å². The highest BCUT2D eigenvalue weighted by Gasteiger charge is 2.33. The van der Waals surface area contributed by atoms with E-state index in [2.05, 4.69) is 4.90 Å². The van der Waals surface area contributed by atoms with Gasteiger partial charge in [-0.15, -0.1) is 4.31 Å². The number of ketones is 1. The third kappa shape index (κ3) is 8.48. The number of carbonyl (C=O) groups excluding carboxylic acids is 1. The first-order valence-corrected chi connectivity index (χ1v) is 13.2. The molecule has 0 N–H and O–H groups in total. The fraction of sp³-hybridized carbons (Fsp3) is 0.370. The number of hydrogen-bond acceptors (Lipinski definition) is 6. The minimum absolute atomic E-state index is 0.00962. The maximum Gasteiger partial charge on any atom is 0.187 e. The number of halogens is 4. The number of nitrogens with zero attached hydrogens (tertiary/aromatic N) is 2. The lowest BCUT2D eigenvalue weighted by Gasteiger charge is -2.31. The van der Waals surface area contributed by atoms with Crippen molar-refractivity contribution in [1.29, 1.82) is 0 Å². The van der Waals surface area contributed by atoms with Crippen molar-refractivity contribution in [2.24, 2.45) is 0 Å². The van der Waals surface area contributed by atoms with Crippen LogP contribution in [0.3, 0.4) is 0 Å². The van der Waals surface area contributed by atoms with Crippen molar-refractivity contribution in [3.05, 3.63) is 81.9 Å². The van der Waals surface area contributed by atoms with Crippen molar-refractivity contribution in [3.8, 4) is 0 Å². The molecule has 0 aliphatic carbocycles. The second kappa shape index (κ2) is 14.6. The number of benzene rings is 2. The predicted octanol–water partition coefficient (Wildman–Crippen LogP) is 3.85. The van der Waals surface area contributed by atoms with Crippen LogP contribution in [0.2, 0.25) is 0 Å². The zero-order chi connectivity index (χ0) is 27.7. The maximum absolute atomic E-state index is 13.8. The van der Waals surface area contributed by atoms with Crippen LogP contribution in [0.5, 0.6) is 0 Å². The third-order valence-electron chi connectivity index (χ3n) is 5.94. The minimum atomic E-state index is -1.52. The molecule has 11 heteroatoms. The summed E-state index contributed by atoms with van der Waals surface area (Å²) in [5.74, 6) is -4.31. The molecule has 1 aliphatic heterocycles. The molecule has 1 atom stereocenters. The van der Waals surface area contributed by atoms with E-state index in [0.717, 1.165) is 24.3 Å². The summed E-state index contributed by atoms with van der Waals surface area (Å²) in [6.07, 6.45) is 2.83. The molecule has 1 saturated heterocycles. The Morgan fingerprint density at radius 3 is 1.74 bits per heavy atom. The molecule has 0 radical (unpaired) electrons. The Hall–Kier alpha value is -2.54. The Balaban J connectivity index is 1.86. The number of rotatable bonds is 12. The minimum Gasteiger partial charge on any atom is -0.598 e. The monoisotopic (exact) mass is 554 g/mol. The van der Waals surface area contributed by atoms with Gasteiger partial charge in [0.2, 0.25) is 0 Å². The molecule has 0 saturated carbocycles. The summed E-state index contributed by atoms with van der Waals surface area (Å²) in [5.41, 5.74) is 0.940. The summed E-state index contributed by atoms with van der Waals surface area (Å²) in [6.45, 7) is 2.74. The number of Topliss-reactive ketones (excluding diaryl/α,β-unsaturated/α-hetero) is 1. The molecule has 0 amide bonds. The lowest BCUT2D eigenvalue weighted by Crippen LogP contribution is -2.45. The molecule has 6 nitrogen and oxygen atoms in total. The van der Waals surface area contributed by atoms with Gasteiger partial charge in [0, 0.05) is 56.4 Å². The second-order valence-corrected chi connectivity index (χ2v) is 10.2. The summed E-state index contributed by atoms with van der Waals surface area (Å²) in [4.78, 5) is 15.3. The fourth-order valence-electron chi connectivity index (χ4n) is 3.87. The lowest BCUT2D eigenvalue weighted by atomic mass is 9.95. The molecule has 3 rings (SSSR count). The summed E-state index contributed by atoms with van der Waals surface area (Å²) >= 11 is -1.52. The molecule has 2 aromatic rings. The maximum atomic E-state index is 13.8. The highest BCUT2D eigenvalue weighted by atomic mass is 32.2. The SMILES string of the molecule is COCCN(CCOC)CC[S+]([O-])N1C/C(=C\c2ccc(F)c(F)c2)C(=O)/C(=C/c2ccc(F)c(F)c2)C1. The molecule has 1 unspecified atom stereocenters. The quantitative estimate of drug-likeness (QED) is 0.226. The van der Waals surface area contributed by atoms with Gasteiger partial charge in [-0.25, -0.2) is 17.6 Å². The van der Waals surface area contributed by atoms with Gasteiger partial charge < -0.3 is 14.0 Å². The van der Waals surface area contributed by atoms with E-state index < -0.39 is 40.4 Å². The van der Waals surface area contributed by atoms with Crippen molar-refractivity contribution in [1.82, 2.24) is 9.21 Å². The van der Waals surface area contributed by atoms with E-state index in [9.17, 15) is 26.9 Å². The van der Waals surface area contributed by atoms with Gasteiger partial charge in [-0.1, -0.05) is 12.1 Å². The van der Waals surface area contributed by atoms with Crippen LogP contribution >= 0.6 is 0 Å². The van der Waals surface area contributed by atoms with Crippen LogP contribution < -0.4 is 0 Å². The number of ether oxygens (including phenoxy) is 2. The first kappa shape index (κ1) is 30.0. The highest BCUT2D eigenvalue weighted by Crippen LogP contribution is 2.25. The van der Waals surface area contributed by atoms with E-state index in [1.165, 1.54) is 24.3 Å². The van der Waals surface area contributed by atoms with Crippen LogP contribution in [-0.4, -0.2) is 85.5 Å². The van der Waals surface area contributed by atoms with Crippen LogP contribution in [-0.2, 0) is 25.6 Å². The average Bonchev–Trinajstić information content (AvgIpc) is 2.89. The molecule has 0 bridgehead atoms. The number of carbonyl (C=O) groups is 1. The van der Waals surface area contributed by atoms with Crippen molar-refractivity contribution in [2.45, 2.75) is 0 Å². The Labute approximate surface area is 222 Å². The predicted molar refractivity (Wildman–Crippen MR) is 138 cm³/mol. The third-order valence-corrected chi connectivity index (χ3v) is 7.31. The number of hydrogen-bond donors (Lipinski definition) is 0. The molecule has 1 fully saturated rings. The van der Waals surface area contributed by atoms with E-state index in [1.54, 1.807) is 18.5 Å². The first-order valence-electron chi connectivity index (χ1n) is 11.9. The van der Waals surface area contributed by atoms with Crippen LogP contribution in [0.4, 0.5) is 17.6 Å². The van der Waals surface area contributed by atoms with Gasteiger partial charge in [-0.3, -0.25) is 9.69 Å². The topological polar surface area (TPSA) is 65.1 Å². The van der Waals surface area contributed by atoms with E-state index in [4.69, 9.17) is 9.47 Å². The number of piperidine rings is 1.